The van der Waals surface area contributed by atoms with Crippen molar-refractivity contribution >= 4 is 0 Å². The Morgan fingerprint density at radius 3 is 2.28 bits per heavy atom. The molecule has 0 amide bonds. The van der Waals surface area contributed by atoms with E-state index in [0.717, 1.165) is 41.4 Å². The van der Waals surface area contributed by atoms with Gasteiger partial charge in [-0.05, 0) is 117 Å². The maximum absolute atomic E-state index is 4.35. The standard InChI is InChI=1S/C25H42/c1-16(2)22-9-10-23-21-8-7-18-15-24(5,17(3)4)13-11-19(18)20(21)12-14-25(22,23)6/h16,18-23H,3,7-15H2,1-2,4-6H3/t18-,19+,20?,21-,22-,23+,24-,25-/m1/s1. The van der Waals surface area contributed by atoms with Crippen LogP contribution in [0.2, 0.25) is 0 Å². The molecule has 0 heterocycles. The Balaban J connectivity index is 1.53. The van der Waals surface area contributed by atoms with Gasteiger partial charge < -0.3 is 0 Å². The fourth-order valence-electron chi connectivity index (χ4n) is 8.63. The molecule has 8 atom stereocenters. The summed E-state index contributed by atoms with van der Waals surface area (Å²) in [6.45, 7) is 16.8. The normalized spacial score (nSPS) is 52.4. The van der Waals surface area contributed by atoms with Gasteiger partial charge in [0.05, 0.1) is 0 Å². The summed E-state index contributed by atoms with van der Waals surface area (Å²) in [4.78, 5) is 0. The molecule has 0 heteroatoms. The molecule has 4 fully saturated rings. The van der Waals surface area contributed by atoms with E-state index >= 15 is 0 Å². The van der Waals surface area contributed by atoms with Crippen molar-refractivity contribution in [3.8, 4) is 0 Å². The highest BCUT2D eigenvalue weighted by atomic mass is 14.6. The van der Waals surface area contributed by atoms with Crippen LogP contribution in [-0.2, 0) is 0 Å². The van der Waals surface area contributed by atoms with Crippen molar-refractivity contribution in [1.29, 1.82) is 0 Å². The van der Waals surface area contributed by atoms with Crippen molar-refractivity contribution in [2.45, 2.75) is 92.4 Å². The Labute approximate surface area is 157 Å². The van der Waals surface area contributed by atoms with Gasteiger partial charge in [0.1, 0.15) is 0 Å². The van der Waals surface area contributed by atoms with E-state index in [9.17, 15) is 0 Å². The quantitative estimate of drug-likeness (QED) is 0.456. The van der Waals surface area contributed by atoms with Crippen LogP contribution in [0.4, 0.5) is 0 Å². The molecule has 0 aliphatic heterocycles. The smallest absolute Gasteiger partial charge is 0.0119 e. The molecule has 0 nitrogen and oxygen atoms in total. The van der Waals surface area contributed by atoms with Crippen LogP contribution in [0.25, 0.3) is 0 Å². The van der Waals surface area contributed by atoms with Crippen molar-refractivity contribution in [1.82, 2.24) is 0 Å². The summed E-state index contributed by atoms with van der Waals surface area (Å²) in [6, 6.07) is 0. The van der Waals surface area contributed by atoms with Crippen LogP contribution in [0.3, 0.4) is 0 Å². The van der Waals surface area contributed by atoms with Gasteiger partial charge >= 0.3 is 0 Å². The molecule has 0 radical (unpaired) electrons. The van der Waals surface area contributed by atoms with Crippen LogP contribution in [0.1, 0.15) is 92.4 Å². The topological polar surface area (TPSA) is 0 Å². The van der Waals surface area contributed by atoms with Crippen LogP contribution >= 0.6 is 0 Å². The predicted octanol–water partition coefficient (Wildman–Crippen LogP) is 7.49. The van der Waals surface area contributed by atoms with Gasteiger partial charge in [-0.25, -0.2) is 0 Å². The molecule has 0 saturated heterocycles. The SMILES string of the molecule is C=C(C)[C@]1(C)CC[C@@H]2C3CC[C@]4(C)[C@@H](C(C)C)CC[C@H]4[C@@H]3CC[C@@H]2C1. The monoisotopic (exact) mass is 342 g/mol. The second-order valence-electron chi connectivity index (χ2n) is 11.5. The molecular formula is C25H42. The summed E-state index contributed by atoms with van der Waals surface area (Å²) in [6.07, 6.45) is 13.5. The van der Waals surface area contributed by atoms with E-state index in [1.807, 2.05) is 0 Å². The van der Waals surface area contributed by atoms with E-state index in [1.165, 1.54) is 44.1 Å². The van der Waals surface area contributed by atoms with Gasteiger partial charge in [-0.3, -0.25) is 0 Å². The highest BCUT2D eigenvalue weighted by Crippen LogP contribution is 2.66. The van der Waals surface area contributed by atoms with Gasteiger partial charge in [0, 0.05) is 0 Å². The van der Waals surface area contributed by atoms with Crippen molar-refractivity contribution < 1.29 is 0 Å². The van der Waals surface area contributed by atoms with E-state index in [1.54, 1.807) is 19.3 Å². The minimum Gasteiger partial charge on any atom is -0.0996 e. The predicted molar refractivity (Wildman–Crippen MR) is 108 cm³/mol. The molecule has 0 aromatic carbocycles. The van der Waals surface area contributed by atoms with Crippen LogP contribution in [0, 0.1) is 52.3 Å². The van der Waals surface area contributed by atoms with Gasteiger partial charge in [0.2, 0.25) is 0 Å². The summed E-state index contributed by atoms with van der Waals surface area (Å²) in [5, 5.41) is 0. The maximum Gasteiger partial charge on any atom is -0.0119 e. The summed E-state index contributed by atoms with van der Waals surface area (Å²) in [5.41, 5.74) is 2.55. The van der Waals surface area contributed by atoms with Crippen molar-refractivity contribution in [3.05, 3.63) is 12.2 Å². The number of fused-ring (bicyclic) bond motifs is 5. The van der Waals surface area contributed by atoms with Crippen LogP contribution in [-0.4, -0.2) is 0 Å². The second-order valence-corrected chi connectivity index (χ2v) is 11.5. The number of rotatable bonds is 2. The van der Waals surface area contributed by atoms with Crippen LogP contribution in [0.15, 0.2) is 12.2 Å². The van der Waals surface area contributed by atoms with Gasteiger partial charge in [-0.1, -0.05) is 39.8 Å². The summed E-state index contributed by atoms with van der Waals surface area (Å²) in [7, 11) is 0. The first kappa shape index (κ1) is 18.1. The Bertz CT molecular complexity index is 530. The molecular weight excluding hydrogens is 300 g/mol. The maximum atomic E-state index is 4.35. The first-order chi connectivity index (χ1) is 11.8. The van der Waals surface area contributed by atoms with E-state index in [2.05, 4.69) is 41.2 Å². The van der Waals surface area contributed by atoms with E-state index in [4.69, 9.17) is 0 Å². The number of allylic oxidation sites excluding steroid dienone is 1. The molecule has 4 rings (SSSR count). The highest BCUT2D eigenvalue weighted by molar-refractivity contribution is 5.12. The zero-order valence-corrected chi connectivity index (χ0v) is 17.6. The first-order valence-electron chi connectivity index (χ1n) is 11.4. The highest BCUT2D eigenvalue weighted by Gasteiger charge is 2.57. The Kier molecular flexibility index (Phi) is 4.45. The molecule has 25 heavy (non-hydrogen) atoms. The lowest BCUT2D eigenvalue weighted by molar-refractivity contribution is -0.0782. The molecule has 0 aromatic heterocycles. The Morgan fingerprint density at radius 1 is 0.880 bits per heavy atom. The van der Waals surface area contributed by atoms with E-state index < -0.39 is 0 Å². The Morgan fingerprint density at radius 2 is 1.60 bits per heavy atom. The number of hydrogen-bond donors (Lipinski definition) is 0. The van der Waals surface area contributed by atoms with Gasteiger partial charge in [-0.15, -0.1) is 0 Å². The molecule has 0 N–H and O–H groups in total. The molecule has 1 unspecified atom stereocenters. The lowest BCUT2D eigenvalue weighted by Crippen LogP contribution is -2.50. The van der Waals surface area contributed by atoms with Crippen molar-refractivity contribution in [2.24, 2.45) is 52.3 Å². The molecule has 4 aliphatic rings. The summed E-state index contributed by atoms with van der Waals surface area (Å²) < 4.78 is 0. The number of hydrogen-bond acceptors (Lipinski definition) is 0. The molecule has 0 spiro atoms. The zero-order valence-electron chi connectivity index (χ0n) is 17.6. The van der Waals surface area contributed by atoms with Crippen molar-refractivity contribution in [3.63, 3.8) is 0 Å². The lowest BCUT2D eigenvalue weighted by atomic mass is 9.47. The Hall–Kier alpha value is -0.260. The fraction of sp³-hybridized carbons (Fsp3) is 0.920. The second kappa shape index (κ2) is 6.13. The third kappa shape index (κ3) is 2.68. The van der Waals surface area contributed by atoms with Gasteiger partial charge in [0.25, 0.3) is 0 Å². The van der Waals surface area contributed by atoms with Crippen LogP contribution < -0.4 is 0 Å². The lowest BCUT2D eigenvalue weighted by Gasteiger charge is -2.58. The zero-order chi connectivity index (χ0) is 18.0. The fourth-order valence-corrected chi connectivity index (χ4v) is 8.63. The molecule has 0 aromatic rings. The third-order valence-electron chi connectivity index (χ3n) is 10.2. The molecule has 4 aliphatic carbocycles. The first-order valence-corrected chi connectivity index (χ1v) is 11.4. The van der Waals surface area contributed by atoms with Crippen molar-refractivity contribution in [2.75, 3.05) is 0 Å². The summed E-state index contributed by atoms with van der Waals surface area (Å²) >= 11 is 0. The largest absolute Gasteiger partial charge is 0.0996 e. The van der Waals surface area contributed by atoms with Crippen LogP contribution in [0.5, 0.6) is 0 Å². The molecule has 142 valence electrons. The van der Waals surface area contributed by atoms with Gasteiger partial charge in [0.15, 0.2) is 0 Å². The summed E-state index contributed by atoms with van der Waals surface area (Å²) in [5.74, 6) is 7.12. The third-order valence-corrected chi connectivity index (χ3v) is 10.2. The molecule has 0 bridgehead atoms. The van der Waals surface area contributed by atoms with E-state index in [0.29, 0.717) is 10.8 Å². The minimum atomic E-state index is 0.438. The average molecular weight is 343 g/mol. The van der Waals surface area contributed by atoms with E-state index in [-0.39, 0.29) is 0 Å². The van der Waals surface area contributed by atoms with Gasteiger partial charge in [-0.2, -0.15) is 0 Å². The minimum absolute atomic E-state index is 0.438. The molecule has 4 saturated carbocycles. The average Bonchev–Trinajstić information content (AvgIpc) is 2.91.